The van der Waals surface area contributed by atoms with E-state index < -0.39 is 15.8 Å². The third-order valence-corrected chi connectivity index (χ3v) is 5.26. The van der Waals surface area contributed by atoms with Crippen LogP contribution in [0.4, 0.5) is 0 Å². The molecule has 21 heavy (non-hydrogen) atoms. The number of aliphatic carboxylic acids is 1. The van der Waals surface area contributed by atoms with E-state index >= 15 is 0 Å². The zero-order valence-electron chi connectivity index (χ0n) is 11.4. The second kappa shape index (κ2) is 6.24. The largest absolute Gasteiger partial charge is 0.480 e. The molecule has 1 saturated heterocycles. The lowest BCUT2D eigenvalue weighted by molar-refractivity contribution is -0.139. The molecule has 1 heterocycles. The molecule has 0 spiro atoms. The summed E-state index contributed by atoms with van der Waals surface area (Å²) in [4.78, 5) is 12.7. The van der Waals surface area contributed by atoms with Crippen molar-refractivity contribution in [3.05, 3.63) is 35.4 Å². The van der Waals surface area contributed by atoms with E-state index in [9.17, 15) is 13.2 Å². The highest BCUT2D eigenvalue weighted by Gasteiger charge is 2.33. The minimum absolute atomic E-state index is 0.00177. The molecule has 0 bridgehead atoms. The van der Waals surface area contributed by atoms with Gasteiger partial charge in [0.2, 0.25) is 0 Å². The standard InChI is InChI=1S/C14H16N2O4S/c15-7-11-2-1-3-12(6-11)8-16(9-14(17)18)13-4-5-21(19,20)10-13/h1-3,6,13H,4-5,8-10H2,(H,17,18). The first-order valence-corrected chi connectivity index (χ1v) is 8.37. The van der Waals surface area contributed by atoms with E-state index in [0.29, 0.717) is 18.5 Å². The van der Waals surface area contributed by atoms with Crippen molar-refractivity contribution in [3.63, 3.8) is 0 Å². The van der Waals surface area contributed by atoms with Crippen molar-refractivity contribution in [2.45, 2.75) is 19.0 Å². The zero-order valence-corrected chi connectivity index (χ0v) is 12.2. The summed E-state index contributed by atoms with van der Waals surface area (Å²) in [5.74, 6) is -0.889. The highest BCUT2D eigenvalue weighted by molar-refractivity contribution is 7.91. The number of benzene rings is 1. The Balaban J connectivity index is 2.17. The van der Waals surface area contributed by atoms with Crippen LogP contribution < -0.4 is 0 Å². The third kappa shape index (κ3) is 4.28. The maximum Gasteiger partial charge on any atom is 0.317 e. The Morgan fingerprint density at radius 3 is 2.81 bits per heavy atom. The predicted octanol–water partition coefficient (Wildman–Crippen LogP) is 0.632. The number of sulfone groups is 1. The number of carboxylic acids is 1. The Kier molecular flexibility index (Phi) is 4.60. The van der Waals surface area contributed by atoms with Crippen molar-refractivity contribution in [3.8, 4) is 6.07 Å². The molecule has 0 aromatic heterocycles. The van der Waals surface area contributed by atoms with Gasteiger partial charge in [0, 0.05) is 12.6 Å². The van der Waals surface area contributed by atoms with Gasteiger partial charge in [-0.1, -0.05) is 12.1 Å². The molecule has 1 atom stereocenters. The average molecular weight is 308 g/mol. The summed E-state index contributed by atoms with van der Waals surface area (Å²) in [6, 6.07) is 8.66. The van der Waals surface area contributed by atoms with Crippen LogP contribution in [0, 0.1) is 11.3 Å². The van der Waals surface area contributed by atoms with Gasteiger partial charge in [-0.2, -0.15) is 5.26 Å². The number of nitriles is 1. The Morgan fingerprint density at radius 2 is 2.24 bits per heavy atom. The van der Waals surface area contributed by atoms with Crippen molar-refractivity contribution in [2.24, 2.45) is 0 Å². The molecule has 1 unspecified atom stereocenters. The minimum atomic E-state index is -3.07. The van der Waals surface area contributed by atoms with Crippen LogP contribution in [0.1, 0.15) is 17.5 Å². The molecule has 6 nitrogen and oxygen atoms in total. The summed E-state index contributed by atoms with van der Waals surface area (Å²) < 4.78 is 23.1. The van der Waals surface area contributed by atoms with Crippen LogP contribution in [-0.4, -0.2) is 48.5 Å². The van der Waals surface area contributed by atoms with E-state index in [-0.39, 0.29) is 24.1 Å². The van der Waals surface area contributed by atoms with Crippen LogP contribution in [0.2, 0.25) is 0 Å². The van der Waals surface area contributed by atoms with Gasteiger partial charge in [0.15, 0.2) is 9.84 Å². The zero-order chi connectivity index (χ0) is 15.5. The lowest BCUT2D eigenvalue weighted by Gasteiger charge is -2.26. The Labute approximate surface area is 123 Å². The fraction of sp³-hybridized carbons (Fsp3) is 0.429. The molecule has 112 valence electrons. The summed E-state index contributed by atoms with van der Waals surface area (Å²) in [5.41, 5.74) is 1.31. The molecule has 1 aromatic carbocycles. The fourth-order valence-corrected chi connectivity index (χ4v) is 4.29. The average Bonchev–Trinajstić information content (AvgIpc) is 2.78. The number of carboxylic acid groups (broad SMARTS) is 1. The number of hydrogen-bond donors (Lipinski definition) is 1. The van der Waals surface area contributed by atoms with Gasteiger partial charge in [-0.25, -0.2) is 8.42 Å². The number of hydrogen-bond acceptors (Lipinski definition) is 5. The summed E-state index contributed by atoms with van der Waals surface area (Å²) in [5, 5.41) is 17.9. The van der Waals surface area contributed by atoms with Crippen LogP contribution >= 0.6 is 0 Å². The highest BCUT2D eigenvalue weighted by Crippen LogP contribution is 2.20. The molecule has 2 rings (SSSR count). The van der Waals surface area contributed by atoms with E-state index in [0.717, 1.165) is 5.56 Å². The molecule has 1 aromatic rings. The van der Waals surface area contributed by atoms with Crippen LogP contribution in [0.5, 0.6) is 0 Å². The van der Waals surface area contributed by atoms with Gasteiger partial charge in [-0.15, -0.1) is 0 Å². The van der Waals surface area contributed by atoms with Crippen molar-refractivity contribution >= 4 is 15.8 Å². The molecule has 1 N–H and O–H groups in total. The van der Waals surface area contributed by atoms with E-state index in [1.807, 2.05) is 6.07 Å². The summed E-state index contributed by atoms with van der Waals surface area (Å²) in [7, 11) is -3.07. The molecule has 1 fully saturated rings. The summed E-state index contributed by atoms with van der Waals surface area (Å²) >= 11 is 0. The second-order valence-electron chi connectivity index (χ2n) is 5.17. The Morgan fingerprint density at radius 1 is 1.48 bits per heavy atom. The van der Waals surface area contributed by atoms with E-state index in [2.05, 4.69) is 0 Å². The minimum Gasteiger partial charge on any atom is -0.480 e. The second-order valence-corrected chi connectivity index (χ2v) is 7.40. The van der Waals surface area contributed by atoms with Crippen molar-refractivity contribution in [1.29, 1.82) is 5.26 Å². The van der Waals surface area contributed by atoms with Crippen molar-refractivity contribution in [1.82, 2.24) is 4.90 Å². The van der Waals surface area contributed by atoms with E-state index in [1.165, 1.54) is 0 Å². The molecular formula is C14H16N2O4S. The van der Waals surface area contributed by atoms with Gasteiger partial charge in [0.05, 0.1) is 29.7 Å². The molecule has 0 saturated carbocycles. The molecular weight excluding hydrogens is 292 g/mol. The molecule has 0 amide bonds. The lowest BCUT2D eigenvalue weighted by atomic mass is 10.1. The topological polar surface area (TPSA) is 98.5 Å². The SMILES string of the molecule is N#Cc1cccc(CN(CC(=O)O)C2CCS(=O)(=O)C2)c1. The van der Waals surface area contributed by atoms with Crippen molar-refractivity contribution < 1.29 is 18.3 Å². The van der Waals surface area contributed by atoms with Gasteiger partial charge >= 0.3 is 5.97 Å². The van der Waals surface area contributed by atoms with Gasteiger partial charge in [0.1, 0.15) is 0 Å². The normalized spacial score (nSPS) is 20.3. The first-order chi connectivity index (χ1) is 9.89. The summed E-state index contributed by atoms with van der Waals surface area (Å²) in [6.45, 7) is 0.110. The van der Waals surface area contributed by atoms with Crippen LogP contribution in [0.3, 0.4) is 0 Å². The highest BCUT2D eigenvalue weighted by atomic mass is 32.2. The fourth-order valence-electron chi connectivity index (χ4n) is 2.52. The molecule has 1 aliphatic rings. The monoisotopic (exact) mass is 308 g/mol. The predicted molar refractivity (Wildman–Crippen MR) is 76.3 cm³/mol. The molecule has 0 aliphatic carbocycles. The van der Waals surface area contributed by atoms with Crippen LogP contribution in [0.25, 0.3) is 0 Å². The molecule has 1 aliphatic heterocycles. The van der Waals surface area contributed by atoms with Crippen LogP contribution in [0.15, 0.2) is 24.3 Å². The molecule has 7 heteroatoms. The van der Waals surface area contributed by atoms with Gasteiger partial charge in [0.25, 0.3) is 0 Å². The number of carbonyl (C=O) groups is 1. The first kappa shape index (κ1) is 15.5. The number of nitrogens with zero attached hydrogens (tertiary/aromatic N) is 2. The summed E-state index contributed by atoms with van der Waals surface area (Å²) in [6.07, 6.45) is 0.452. The Hall–Kier alpha value is -1.91. The maximum atomic E-state index is 11.6. The maximum absolute atomic E-state index is 11.6. The Bertz CT molecular complexity index is 678. The van der Waals surface area contributed by atoms with Crippen molar-refractivity contribution in [2.75, 3.05) is 18.1 Å². The molecule has 0 radical (unpaired) electrons. The van der Waals surface area contributed by atoms with Gasteiger partial charge in [-0.3, -0.25) is 9.69 Å². The first-order valence-electron chi connectivity index (χ1n) is 6.55. The van der Waals surface area contributed by atoms with E-state index in [1.54, 1.807) is 29.2 Å². The lowest BCUT2D eigenvalue weighted by Crippen LogP contribution is -2.39. The number of rotatable bonds is 5. The van der Waals surface area contributed by atoms with Gasteiger partial charge in [-0.05, 0) is 24.1 Å². The van der Waals surface area contributed by atoms with Gasteiger partial charge < -0.3 is 5.11 Å². The van der Waals surface area contributed by atoms with Crippen LogP contribution in [-0.2, 0) is 21.2 Å². The smallest absolute Gasteiger partial charge is 0.317 e. The third-order valence-electron chi connectivity index (χ3n) is 3.50. The van der Waals surface area contributed by atoms with E-state index in [4.69, 9.17) is 10.4 Å². The quantitative estimate of drug-likeness (QED) is 0.856.